The van der Waals surface area contributed by atoms with Gasteiger partial charge in [-0.05, 0) is 39.0 Å². The standard InChI is InChI=1S/C21H40N6O.HI/c1-6-20-26-23-15-27(20)13-12-22-21(24-17(4)10-7-9-16(2)3)25-18(5)19-11-8-14-28-19;/h15-19H,6-14H2,1-5H3,(H2,22,24,25);1H. The molecule has 3 atom stereocenters. The molecule has 7 nitrogen and oxygen atoms in total. The van der Waals surface area contributed by atoms with Crippen LogP contribution in [0.3, 0.4) is 0 Å². The number of nitrogens with zero attached hydrogens (tertiary/aromatic N) is 4. The largest absolute Gasteiger partial charge is 0.376 e. The summed E-state index contributed by atoms with van der Waals surface area (Å²) in [7, 11) is 0. The number of aromatic nitrogens is 3. The van der Waals surface area contributed by atoms with E-state index in [4.69, 9.17) is 9.73 Å². The first-order valence-electron chi connectivity index (χ1n) is 11.0. The van der Waals surface area contributed by atoms with Gasteiger partial charge in [0, 0.05) is 25.6 Å². The fraction of sp³-hybridized carbons (Fsp3) is 0.857. The minimum atomic E-state index is 0. The third-order valence-electron chi connectivity index (χ3n) is 5.31. The summed E-state index contributed by atoms with van der Waals surface area (Å²) in [5, 5.41) is 15.3. The van der Waals surface area contributed by atoms with Crippen molar-refractivity contribution < 1.29 is 4.74 Å². The van der Waals surface area contributed by atoms with Crippen LogP contribution in [0.2, 0.25) is 0 Å². The van der Waals surface area contributed by atoms with E-state index in [0.29, 0.717) is 12.6 Å². The molecule has 1 saturated heterocycles. The Labute approximate surface area is 193 Å². The lowest BCUT2D eigenvalue weighted by Crippen LogP contribution is -2.49. The van der Waals surface area contributed by atoms with Crippen LogP contribution in [0, 0.1) is 5.92 Å². The summed E-state index contributed by atoms with van der Waals surface area (Å²) in [6.45, 7) is 13.4. The zero-order valence-corrected chi connectivity index (χ0v) is 21.2. The number of guanidine groups is 1. The summed E-state index contributed by atoms with van der Waals surface area (Å²) < 4.78 is 7.92. The Morgan fingerprint density at radius 3 is 2.72 bits per heavy atom. The molecule has 1 aromatic rings. The number of rotatable bonds is 11. The zero-order chi connectivity index (χ0) is 20.4. The highest BCUT2D eigenvalue weighted by molar-refractivity contribution is 14.0. The van der Waals surface area contributed by atoms with Crippen molar-refractivity contribution in [2.75, 3.05) is 13.2 Å². The van der Waals surface area contributed by atoms with Crippen molar-refractivity contribution >= 4 is 29.9 Å². The summed E-state index contributed by atoms with van der Waals surface area (Å²) in [6.07, 6.45) is 8.87. The highest BCUT2D eigenvalue weighted by Gasteiger charge is 2.23. The molecule has 2 rings (SSSR count). The Morgan fingerprint density at radius 2 is 2.07 bits per heavy atom. The van der Waals surface area contributed by atoms with Crippen molar-refractivity contribution in [2.24, 2.45) is 10.9 Å². The highest BCUT2D eigenvalue weighted by atomic mass is 127. The summed E-state index contributed by atoms with van der Waals surface area (Å²) in [5.74, 6) is 2.65. The number of hydrogen-bond donors (Lipinski definition) is 2. The summed E-state index contributed by atoms with van der Waals surface area (Å²) in [4.78, 5) is 4.83. The van der Waals surface area contributed by atoms with Crippen LogP contribution < -0.4 is 10.6 Å². The number of halogens is 1. The molecule has 2 N–H and O–H groups in total. The molecule has 0 bridgehead atoms. The van der Waals surface area contributed by atoms with E-state index in [1.807, 2.05) is 0 Å². The number of hydrogen-bond acceptors (Lipinski definition) is 4. The highest BCUT2D eigenvalue weighted by Crippen LogP contribution is 2.15. The lowest BCUT2D eigenvalue weighted by molar-refractivity contribution is 0.0889. The molecule has 3 unspecified atom stereocenters. The molecule has 0 amide bonds. The lowest BCUT2D eigenvalue weighted by atomic mass is 10.0. The quantitative estimate of drug-likeness (QED) is 0.264. The Kier molecular flexibility index (Phi) is 12.8. The molecule has 1 fully saturated rings. The van der Waals surface area contributed by atoms with E-state index in [9.17, 15) is 0 Å². The maximum Gasteiger partial charge on any atom is 0.191 e. The molecule has 0 saturated carbocycles. The van der Waals surface area contributed by atoms with E-state index in [-0.39, 0.29) is 36.1 Å². The average molecular weight is 521 g/mol. The molecular formula is C21H41IN6O. The summed E-state index contributed by atoms with van der Waals surface area (Å²) in [6, 6.07) is 0.639. The second-order valence-electron chi connectivity index (χ2n) is 8.38. The number of nitrogens with one attached hydrogen (secondary N) is 2. The van der Waals surface area contributed by atoms with E-state index >= 15 is 0 Å². The second-order valence-corrected chi connectivity index (χ2v) is 8.38. The molecule has 1 aromatic heterocycles. The van der Waals surface area contributed by atoms with Crippen molar-refractivity contribution in [2.45, 2.75) is 97.9 Å². The van der Waals surface area contributed by atoms with E-state index in [1.165, 1.54) is 12.8 Å². The summed E-state index contributed by atoms with van der Waals surface area (Å²) >= 11 is 0. The van der Waals surface area contributed by atoms with Gasteiger partial charge in [0.2, 0.25) is 0 Å². The second kappa shape index (κ2) is 14.2. The monoisotopic (exact) mass is 520 g/mol. The molecular weight excluding hydrogens is 479 g/mol. The van der Waals surface area contributed by atoms with Crippen LogP contribution >= 0.6 is 24.0 Å². The molecule has 29 heavy (non-hydrogen) atoms. The van der Waals surface area contributed by atoms with Crippen LogP contribution in [0.5, 0.6) is 0 Å². The Morgan fingerprint density at radius 1 is 1.28 bits per heavy atom. The Hall–Kier alpha value is -0.900. The average Bonchev–Trinajstić information content (AvgIpc) is 3.33. The fourth-order valence-corrected chi connectivity index (χ4v) is 3.59. The van der Waals surface area contributed by atoms with Gasteiger partial charge >= 0.3 is 0 Å². The number of aryl methyl sites for hydroxylation is 1. The smallest absolute Gasteiger partial charge is 0.191 e. The molecule has 8 heteroatoms. The zero-order valence-electron chi connectivity index (χ0n) is 18.9. The van der Waals surface area contributed by atoms with Crippen molar-refractivity contribution in [3.8, 4) is 0 Å². The summed E-state index contributed by atoms with van der Waals surface area (Å²) in [5.41, 5.74) is 0. The maximum absolute atomic E-state index is 5.84. The maximum atomic E-state index is 5.84. The number of aliphatic imine (C=N–C) groups is 1. The van der Waals surface area contributed by atoms with Gasteiger partial charge in [0.15, 0.2) is 5.96 Å². The lowest BCUT2D eigenvalue weighted by Gasteiger charge is -2.25. The SMILES string of the molecule is CCc1nncn1CCN=C(NC(C)CCCC(C)C)NC(C)C1CCCO1.I. The van der Waals surface area contributed by atoms with E-state index in [0.717, 1.165) is 56.5 Å². The molecule has 0 aliphatic carbocycles. The topological polar surface area (TPSA) is 76.4 Å². The third kappa shape index (κ3) is 9.63. The first-order valence-corrected chi connectivity index (χ1v) is 11.0. The first kappa shape index (κ1) is 26.1. The van der Waals surface area contributed by atoms with Gasteiger partial charge in [-0.1, -0.05) is 33.6 Å². The van der Waals surface area contributed by atoms with Crippen molar-refractivity contribution in [3.63, 3.8) is 0 Å². The Balaban J connectivity index is 0.00000420. The molecule has 0 radical (unpaired) electrons. The normalized spacial score (nSPS) is 19.1. The van der Waals surface area contributed by atoms with Crippen LogP contribution in [-0.2, 0) is 17.7 Å². The fourth-order valence-electron chi connectivity index (χ4n) is 3.59. The predicted molar refractivity (Wildman–Crippen MR) is 130 cm³/mol. The van der Waals surface area contributed by atoms with Gasteiger partial charge < -0.3 is 19.9 Å². The molecule has 0 aromatic carbocycles. The van der Waals surface area contributed by atoms with Gasteiger partial charge in [-0.3, -0.25) is 4.99 Å². The van der Waals surface area contributed by atoms with Gasteiger partial charge in [-0.2, -0.15) is 0 Å². The molecule has 2 heterocycles. The molecule has 1 aliphatic heterocycles. The van der Waals surface area contributed by atoms with Crippen LogP contribution in [0.25, 0.3) is 0 Å². The van der Waals surface area contributed by atoms with Gasteiger partial charge in [0.1, 0.15) is 12.2 Å². The van der Waals surface area contributed by atoms with Crippen LogP contribution in [0.15, 0.2) is 11.3 Å². The third-order valence-corrected chi connectivity index (χ3v) is 5.31. The molecule has 0 spiro atoms. The van der Waals surface area contributed by atoms with Crippen molar-refractivity contribution in [1.29, 1.82) is 0 Å². The van der Waals surface area contributed by atoms with E-state index in [1.54, 1.807) is 6.33 Å². The predicted octanol–water partition coefficient (Wildman–Crippen LogP) is 3.78. The van der Waals surface area contributed by atoms with Crippen LogP contribution in [0.1, 0.15) is 72.5 Å². The van der Waals surface area contributed by atoms with Gasteiger partial charge in [0.05, 0.1) is 18.7 Å². The van der Waals surface area contributed by atoms with Crippen LogP contribution in [0.4, 0.5) is 0 Å². The van der Waals surface area contributed by atoms with Gasteiger partial charge in [0.25, 0.3) is 0 Å². The molecule has 1 aliphatic rings. The van der Waals surface area contributed by atoms with E-state index < -0.39 is 0 Å². The molecule has 168 valence electrons. The van der Waals surface area contributed by atoms with Crippen molar-refractivity contribution in [3.05, 3.63) is 12.2 Å². The number of ether oxygens (including phenoxy) is 1. The first-order chi connectivity index (χ1) is 13.5. The minimum absolute atomic E-state index is 0. The van der Waals surface area contributed by atoms with Crippen molar-refractivity contribution in [1.82, 2.24) is 25.4 Å². The Bertz CT molecular complexity index is 585. The minimum Gasteiger partial charge on any atom is -0.376 e. The van der Waals surface area contributed by atoms with E-state index in [2.05, 4.69) is 60.0 Å². The van der Waals surface area contributed by atoms with Gasteiger partial charge in [-0.15, -0.1) is 34.2 Å². The van der Waals surface area contributed by atoms with Crippen LogP contribution in [-0.4, -0.2) is 52.1 Å². The van der Waals surface area contributed by atoms with Gasteiger partial charge in [-0.25, -0.2) is 0 Å².